The summed E-state index contributed by atoms with van der Waals surface area (Å²) in [5, 5.41) is 9.27. The third kappa shape index (κ3) is 2.67. The topological polar surface area (TPSA) is 64.4 Å². The maximum Gasteiger partial charge on any atom is 0.243 e. The standard InChI is InChI=1S/C14H16ClN3O2S/c15-14-4-3-13(8-11(14)9-16)21(19,20)18-7-6-17-5-1-2-12(17)10-18/h3-4,8,12H,1-2,5-7,10H2. The second kappa shape index (κ2) is 5.58. The number of piperazine rings is 1. The number of hydrogen-bond acceptors (Lipinski definition) is 4. The number of halogens is 1. The molecule has 0 N–H and O–H groups in total. The molecule has 2 saturated heterocycles. The molecule has 2 aliphatic rings. The van der Waals surface area contributed by atoms with Gasteiger partial charge in [-0.3, -0.25) is 4.90 Å². The van der Waals surface area contributed by atoms with Gasteiger partial charge in [0.1, 0.15) is 6.07 Å². The minimum Gasteiger partial charge on any atom is -0.298 e. The molecule has 5 nitrogen and oxygen atoms in total. The molecule has 0 aromatic heterocycles. The van der Waals surface area contributed by atoms with E-state index < -0.39 is 10.0 Å². The Hall–Kier alpha value is -1.13. The molecule has 112 valence electrons. The first-order valence-corrected chi connectivity index (χ1v) is 8.78. The predicted molar refractivity (Wildman–Crippen MR) is 79.5 cm³/mol. The zero-order valence-electron chi connectivity index (χ0n) is 11.5. The maximum atomic E-state index is 12.7. The van der Waals surface area contributed by atoms with E-state index in [0.717, 1.165) is 25.9 Å². The fraction of sp³-hybridized carbons (Fsp3) is 0.500. The van der Waals surface area contributed by atoms with Crippen LogP contribution in [0, 0.1) is 11.3 Å². The highest BCUT2D eigenvalue weighted by Crippen LogP contribution is 2.27. The Morgan fingerprint density at radius 1 is 1.29 bits per heavy atom. The van der Waals surface area contributed by atoms with Gasteiger partial charge in [0.2, 0.25) is 10.0 Å². The summed E-state index contributed by atoms with van der Waals surface area (Å²) in [4.78, 5) is 2.50. The molecule has 0 amide bonds. The van der Waals surface area contributed by atoms with Crippen molar-refractivity contribution >= 4 is 21.6 Å². The quantitative estimate of drug-likeness (QED) is 0.830. The minimum atomic E-state index is -3.55. The van der Waals surface area contributed by atoms with E-state index >= 15 is 0 Å². The van der Waals surface area contributed by atoms with Gasteiger partial charge in [0.25, 0.3) is 0 Å². The lowest BCUT2D eigenvalue weighted by atomic mass is 10.2. The highest BCUT2D eigenvalue weighted by atomic mass is 35.5. The number of benzene rings is 1. The molecule has 1 aromatic carbocycles. The van der Waals surface area contributed by atoms with Gasteiger partial charge in [0.05, 0.1) is 15.5 Å². The van der Waals surface area contributed by atoms with E-state index in [9.17, 15) is 8.42 Å². The van der Waals surface area contributed by atoms with Crippen LogP contribution in [0.25, 0.3) is 0 Å². The Morgan fingerprint density at radius 3 is 2.86 bits per heavy atom. The Bertz CT molecular complexity index is 699. The van der Waals surface area contributed by atoms with Gasteiger partial charge in [-0.05, 0) is 37.6 Å². The van der Waals surface area contributed by atoms with Gasteiger partial charge in [0.15, 0.2) is 0 Å². The summed E-state index contributed by atoms with van der Waals surface area (Å²) >= 11 is 5.87. The Balaban J connectivity index is 1.88. The molecule has 0 saturated carbocycles. The molecule has 0 radical (unpaired) electrons. The molecule has 1 aromatic rings. The number of nitriles is 1. The van der Waals surface area contributed by atoms with Crippen LogP contribution in [-0.4, -0.2) is 49.8 Å². The van der Waals surface area contributed by atoms with E-state index in [0.29, 0.717) is 19.1 Å². The summed E-state index contributed by atoms with van der Waals surface area (Å²) in [5.74, 6) is 0. The van der Waals surface area contributed by atoms with Crippen molar-refractivity contribution in [2.24, 2.45) is 0 Å². The number of rotatable bonds is 2. The van der Waals surface area contributed by atoms with Gasteiger partial charge in [0, 0.05) is 25.7 Å². The first-order valence-electron chi connectivity index (χ1n) is 6.96. The van der Waals surface area contributed by atoms with Crippen molar-refractivity contribution in [2.45, 2.75) is 23.8 Å². The first kappa shape index (κ1) is 14.8. The van der Waals surface area contributed by atoms with Crippen molar-refractivity contribution in [3.63, 3.8) is 0 Å². The van der Waals surface area contributed by atoms with Gasteiger partial charge in [-0.2, -0.15) is 9.57 Å². The van der Waals surface area contributed by atoms with Crippen molar-refractivity contribution in [3.8, 4) is 6.07 Å². The number of nitrogens with zero attached hydrogens (tertiary/aromatic N) is 3. The van der Waals surface area contributed by atoms with Gasteiger partial charge in [-0.1, -0.05) is 11.6 Å². The molecule has 1 unspecified atom stereocenters. The van der Waals surface area contributed by atoms with Crippen LogP contribution in [0.1, 0.15) is 18.4 Å². The molecule has 7 heteroatoms. The molecule has 2 fully saturated rings. The fourth-order valence-electron chi connectivity index (χ4n) is 3.08. The van der Waals surface area contributed by atoms with Gasteiger partial charge >= 0.3 is 0 Å². The third-order valence-corrected chi connectivity index (χ3v) is 6.44. The van der Waals surface area contributed by atoms with E-state index in [-0.39, 0.29) is 15.5 Å². The molecular weight excluding hydrogens is 310 g/mol. The second-order valence-corrected chi connectivity index (χ2v) is 7.79. The fourth-order valence-corrected chi connectivity index (χ4v) is 4.74. The van der Waals surface area contributed by atoms with Crippen molar-refractivity contribution in [2.75, 3.05) is 26.2 Å². The zero-order chi connectivity index (χ0) is 15.0. The lowest BCUT2D eigenvalue weighted by Gasteiger charge is -2.36. The van der Waals surface area contributed by atoms with Crippen molar-refractivity contribution < 1.29 is 8.42 Å². The van der Waals surface area contributed by atoms with E-state index in [1.54, 1.807) is 0 Å². The van der Waals surface area contributed by atoms with Crippen LogP contribution < -0.4 is 0 Å². The summed E-state index contributed by atoms with van der Waals surface area (Å²) in [6, 6.07) is 6.56. The van der Waals surface area contributed by atoms with Crippen LogP contribution in [-0.2, 0) is 10.0 Å². The predicted octanol–water partition coefficient (Wildman–Crippen LogP) is 1.68. The van der Waals surface area contributed by atoms with E-state index in [4.69, 9.17) is 16.9 Å². The van der Waals surface area contributed by atoms with Crippen LogP contribution >= 0.6 is 11.6 Å². The lowest BCUT2D eigenvalue weighted by molar-refractivity contribution is 0.158. The Kier molecular flexibility index (Phi) is 3.93. The number of sulfonamides is 1. The molecular formula is C14H16ClN3O2S. The number of fused-ring (bicyclic) bond motifs is 1. The van der Waals surface area contributed by atoms with Crippen molar-refractivity contribution in [1.29, 1.82) is 5.26 Å². The average Bonchev–Trinajstić information content (AvgIpc) is 2.94. The van der Waals surface area contributed by atoms with Crippen LogP contribution in [0.15, 0.2) is 23.1 Å². The molecule has 2 heterocycles. The Labute approximate surface area is 129 Å². The molecule has 0 bridgehead atoms. The van der Waals surface area contributed by atoms with Gasteiger partial charge in [-0.15, -0.1) is 0 Å². The summed E-state index contributed by atoms with van der Waals surface area (Å²) in [7, 11) is -3.55. The zero-order valence-corrected chi connectivity index (χ0v) is 13.1. The minimum absolute atomic E-state index is 0.148. The van der Waals surface area contributed by atoms with Crippen LogP contribution in [0.3, 0.4) is 0 Å². The summed E-state index contributed by atoms with van der Waals surface area (Å²) < 4.78 is 27.0. The highest BCUT2D eigenvalue weighted by molar-refractivity contribution is 7.89. The third-order valence-electron chi connectivity index (χ3n) is 4.25. The van der Waals surface area contributed by atoms with Crippen molar-refractivity contribution in [3.05, 3.63) is 28.8 Å². The van der Waals surface area contributed by atoms with E-state index in [1.807, 2.05) is 6.07 Å². The summed E-state index contributed by atoms with van der Waals surface area (Å²) in [6.45, 7) is 2.89. The van der Waals surface area contributed by atoms with Crippen LogP contribution in [0.2, 0.25) is 5.02 Å². The maximum absolute atomic E-state index is 12.7. The molecule has 1 atom stereocenters. The first-order chi connectivity index (χ1) is 10.0. The van der Waals surface area contributed by atoms with E-state index in [1.165, 1.54) is 22.5 Å². The smallest absolute Gasteiger partial charge is 0.243 e. The summed E-state index contributed by atoms with van der Waals surface area (Å²) in [5.41, 5.74) is 0.192. The molecule has 0 aliphatic carbocycles. The highest BCUT2D eigenvalue weighted by Gasteiger charge is 2.36. The second-order valence-electron chi connectivity index (χ2n) is 5.45. The van der Waals surface area contributed by atoms with Crippen molar-refractivity contribution in [1.82, 2.24) is 9.21 Å². The molecule has 21 heavy (non-hydrogen) atoms. The average molecular weight is 326 g/mol. The van der Waals surface area contributed by atoms with Gasteiger partial charge < -0.3 is 0 Å². The monoisotopic (exact) mass is 325 g/mol. The molecule has 0 spiro atoms. The Morgan fingerprint density at radius 2 is 2.10 bits per heavy atom. The largest absolute Gasteiger partial charge is 0.298 e. The SMILES string of the molecule is N#Cc1cc(S(=O)(=O)N2CCN3CCCC3C2)ccc1Cl. The normalized spacial score (nSPS) is 23.7. The lowest BCUT2D eigenvalue weighted by Crippen LogP contribution is -2.51. The molecule has 2 aliphatic heterocycles. The van der Waals surface area contributed by atoms with Gasteiger partial charge in [-0.25, -0.2) is 8.42 Å². The number of hydrogen-bond donors (Lipinski definition) is 0. The van der Waals surface area contributed by atoms with Crippen LogP contribution in [0.5, 0.6) is 0 Å². The summed E-state index contributed by atoms with van der Waals surface area (Å²) in [6.07, 6.45) is 2.19. The van der Waals surface area contributed by atoms with E-state index in [2.05, 4.69) is 4.90 Å². The molecule has 3 rings (SSSR count). The van der Waals surface area contributed by atoms with Crippen LogP contribution in [0.4, 0.5) is 0 Å².